The first kappa shape index (κ1) is 12.7. The summed E-state index contributed by atoms with van der Waals surface area (Å²) >= 11 is 0. The maximum Gasteiger partial charge on any atom is 0.326 e. The lowest BCUT2D eigenvalue weighted by molar-refractivity contribution is -0.143. The summed E-state index contributed by atoms with van der Waals surface area (Å²) in [6.45, 7) is 0.489. The largest absolute Gasteiger partial charge is 0.480 e. The van der Waals surface area contributed by atoms with E-state index in [1.54, 1.807) is 18.5 Å². The third-order valence-corrected chi connectivity index (χ3v) is 3.73. The summed E-state index contributed by atoms with van der Waals surface area (Å²) in [5, 5.41) is 9.98. The number of aliphatic carboxylic acids is 1. The van der Waals surface area contributed by atoms with E-state index in [0.29, 0.717) is 24.2 Å². The number of carbonyl (C=O) groups excluding carboxylic acids is 1. The molecule has 1 saturated heterocycles. The first-order valence-electron chi connectivity index (χ1n) is 6.64. The molecular formula is C14H15N3O3. The number of amides is 1. The van der Waals surface area contributed by atoms with E-state index in [-0.39, 0.29) is 5.91 Å². The molecule has 3 heterocycles. The van der Waals surface area contributed by atoms with Gasteiger partial charge < -0.3 is 15.0 Å². The lowest BCUT2D eigenvalue weighted by Gasteiger charge is -2.32. The number of likely N-dealkylation sites (tertiary alicyclic amines) is 1. The van der Waals surface area contributed by atoms with Crippen molar-refractivity contribution < 1.29 is 14.7 Å². The summed E-state index contributed by atoms with van der Waals surface area (Å²) < 4.78 is 0. The number of aromatic nitrogens is 2. The highest BCUT2D eigenvalue weighted by Gasteiger charge is 2.33. The van der Waals surface area contributed by atoms with Gasteiger partial charge >= 0.3 is 5.97 Å². The van der Waals surface area contributed by atoms with Crippen LogP contribution in [0, 0.1) is 0 Å². The van der Waals surface area contributed by atoms with E-state index < -0.39 is 12.0 Å². The van der Waals surface area contributed by atoms with Crippen LogP contribution in [0.2, 0.25) is 0 Å². The van der Waals surface area contributed by atoms with Crippen LogP contribution in [0.1, 0.15) is 29.6 Å². The van der Waals surface area contributed by atoms with Gasteiger partial charge in [-0.1, -0.05) is 0 Å². The number of fused-ring (bicyclic) bond motifs is 1. The van der Waals surface area contributed by atoms with Gasteiger partial charge in [-0.15, -0.1) is 0 Å². The summed E-state index contributed by atoms with van der Waals surface area (Å²) in [6, 6.07) is 2.85. The minimum Gasteiger partial charge on any atom is -0.480 e. The van der Waals surface area contributed by atoms with Crippen LogP contribution >= 0.6 is 0 Å². The highest BCUT2D eigenvalue weighted by Crippen LogP contribution is 2.23. The maximum atomic E-state index is 12.6. The minimum atomic E-state index is -0.934. The fourth-order valence-corrected chi connectivity index (χ4v) is 2.72. The second-order valence-corrected chi connectivity index (χ2v) is 4.95. The van der Waals surface area contributed by atoms with Crippen LogP contribution in [0.5, 0.6) is 0 Å². The van der Waals surface area contributed by atoms with Crippen LogP contribution < -0.4 is 0 Å². The Morgan fingerprint density at radius 1 is 1.40 bits per heavy atom. The number of carbonyl (C=O) groups is 2. The molecule has 0 aromatic carbocycles. The van der Waals surface area contributed by atoms with Crippen LogP contribution in [0.25, 0.3) is 11.0 Å². The van der Waals surface area contributed by atoms with Crippen LogP contribution in [0.15, 0.2) is 24.5 Å². The SMILES string of the molecule is O=C(O)C1CCCCN1C(=O)c1c[nH]c2ncccc12. The number of H-pyrrole nitrogens is 1. The van der Waals surface area contributed by atoms with Crippen molar-refractivity contribution in [1.82, 2.24) is 14.9 Å². The van der Waals surface area contributed by atoms with Gasteiger partial charge in [-0.2, -0.15) is 0 Å². The summed E-state index contributed by atoms with van der Waals surface area (Å²) in [4.78, 5) is 32.4. The van der Waals surface area contributed by atoms with Crippen molar-refractivity contribution in [1.29, 1.82) is 0 Å². The van der Waals surface area contributed by atoms with Gasteiger partial charge in [0.2, 0.25) is 0 Å². The number of hydrogen-bond donors (Lipinski definition) is 2. The highest BCUT2D eigenvalue weighted by molar-refractivity contribution is 6.06. The van der Waals surface area contributed by atoms with Crippen LogP contribution in [-0.4, -0.2) is 44.4 Å². The second-order valence-electron chi connectivity index (χ2n) is 4.95. The van der Waals surface area contributed by atoms with E-state index in [1.165, 1.54) is 4.90 Å². The molecule has 2 aromatic rings. The zero-order chi connectivity index (χ0) is 14.1. The van der Waals surface area contributed by atoms with E-state index in [9.17, 15) is 14.7 Å². The molecule has 1 aliphatic rings. The van der Waals surface area contributed by atoms with Crippen molar-refractivity contribution in [3.05, 3.63) is 30.1 Å². The molecule has 0 saturated carbocycles. The third-order valence-electron chi connectivity index (χ3n) is 3.73. The lowest BCUT2D eigenvalue weighted by atomic mass is 10.0. The van der Waals surface area contributed by atoms with Crippen LogP contribution in [0.4, 0.5) is 0 Å². The van der Waals surface area contributed by atoms with Crippen molar-refractivity contribution in [3.8, 4) is 0 Å². The molecule has 1 amide bonds. The Kier molecular flexibility index (Phi) is 3.14. The maximum absolute atomic E-state index is 12.6. The van der Waals surface area contributed by atoms with E-state index >= 15 is 0 Å². The second kappa shape index (κ2) is 4.96. The molecule has 104 valence electrons. The van der Waals surface area contributed by atoms with Crippen molar-refractivity contribution in [3.63, 3.8) is 0 Å². The Morgan fingerprint density at radius 3 is 3.05 bits per heavy atom. The van der Waals surface area contributed by atoms with Gasteiger partial charge in [0.05, 0.1) is 5.56 Å². The smallest absolute Gasteiger partial charge is 0.326 e. The van der Waals surface area contributed by atoms with E-state index in [0.717, 1.165) is 18.2 Å². The van der Waals surface area contributed by atoms with Gasteiger partial charge in [0.25, 0.3) is 5.91 Å². The average Bonchev–Trinajstić information content (AvgIpc) is 2.90. The monoisotopic (exact) mass is 273 g/mol. The van der Waals surface area contributed by atoms with E-state index in [2.05, 4.69) is 9.97 Å². The number of aromatic amines is 1. The van der Waals surface area contributed by atoms with Gasteiger partial charge in [-0.05, 0) is 31.4 Å². The molecule has 0 bridgehead atoms. The molecule has 0 radical (unpaired) electrons. The Labute approximate surface area is 115 Å². The molecule has 0 aliphatic carbocycles. The van der Waals surface area contributed by atoms with Gasteiger partial charge in [0.15, 0.2) is 0 Å². The zero-order valence-corrected chi connectivity index (χ0v) is 10.9. The average molecular weight is 273 g/mol. The van der Waals surface area contributed by atoms with Crippen molar-refractivity contribution in [2.24, 2.45) is 0 Å². The number of carboxylic acids is 1. The standard InChI is InChI=1S/C14H15N3O3/c18-13(17-7-2-1-5-11(17)14(19)20)10-8-16-12-9(10)4-3-6-15-12/h3-4,6,8,11H,1-2,5,7H2,(H,15,16)(H,19,20). The molecule has 6 heteroatoms. The molecule has 1 fully saturated rings. The Bertz CT molecular complexity index is 664. The van der Waals surface area contributed by atoms with Crippen molar-refractivity contribution in [2.45, 2.75) is 25.3 Å². The van der Waals surface area contributed by atoms with Gasteiger partial charge in [-0.3, -0.25) is 4.79 Å². The number of piperidine rings is 1. The van der Waals surface area contributed by atoms with Crippen LogP contribution in [0.3, 0.4) is 0 Å². The summed E-state index contributed by atoms with van der Waals surface area (Å²) in [5.74, 6) is -1.17. The third kappa shape index (κ3) is 2.03. The van der Waals surface area contributed by atoms with Gasteiger partial charge in [0, 0.05) is 24.3 Å². The first-order valence-corrected chi connectivity index (χ1v) is 6.64. The molecule has 6 nitrogen and oxygen atoms in total. The molecule has 1 atom stereocenters. The summed E-state index contributed by atoms with van der Waals surface area (Å²) in [5.41, 5.74) is 1.13. The molecular weight excluding hydrogens is 258 g/mol. The topological polar surface area (TPSA) is 86.3 Å². The number of pyridine rings is 1. The number of rotatable bonds is 2. The fraction of sp³-hybridized carbons (Fsp3) is 0.357. The van der Waals surface area contributed by atoms with Gasteiger partial charge in [0.1, 0.15) is 11.7 Å². The predicted molar refractivity (Wildman–Crippen MR) is 72.4 cm³/mol. The number of nitrogens with one attached hydrogen (secondary N) is 1. The lowest BCUT2D eigenvalue weighted by Crippen LogP contribution is -2.47. The van der Waals surface area contributed by atoms with E-state index in [1.807, 2.05) is 6.07 Å². The van der Waals surface area contributed by atoms with Gasteiger partial charge in [-0.25, -0.2) is 9.78 Å². The fourth-order valence-electron chi connectivity index (χ4n) is 2.72. The van der Waals surface area contributed by atoms with Crippen molar-refractivity contribution in [2.75, 3.05) is 6.54 Å². The zero-order valence-electron chi connectivity index (χ0n) is 10.9. The molecule has 3 rings (SSSR count). The summed E-state index contributed by atoms with van der Waals surface area (Å²) in [7, 11) is 0. The van der Waals surface area contributed by atoms with Crippen molar-refractivity contribution >= 4 is 22.9 Å². The Balaban J connectivity index is 1.96. The number of hydrogen-bond acceptors (Lipinski definition) is 3. The molecule has 1 unspecified atom stereocenters. The van der Waals surface area contributed by atoms with E-state index in [4.69, 9.17) is 0 Å². The molecule has 2 aromatic heterocycles. The molecule has 0 spiro atoms. The molecule has 2 N–H and O–H groups in total. The first-order chi connectivity index (χ1) is 9.68. The normalized spacial score (nSPS) is 19.2. The number of carboxylic acid groups (broad SMARTS) is 1. The summed E-state index contributed by atoms with van der Waals surface area (Å²) in [6.07, 6.45) is 5.45. The number of nitrogens with zero attached hydrogens (tertiary/aromatic N) is 2. The van der Waals surface area contributed by atoms with Crippen LogP contribution in [-0.2, 0) is 4.79 Å². The quantitative estimate of drug-likeness (QED) is 0.871. The molecule has 20 heavy (non-hydrogen) atoms. The minimum absolute atomic E-state index is 0.239. The Hall–Kier alpha value is -2.37. The highest BCUT2D eigenvalue weighted by atomic mass is 16.4. The Morgan fingerprint density at radius 2 is 2.25 bits per heavy atom. The predicted octanol–water partition coefficient (Wildman–Crippen LogP) is 1.64. The molecule has 1 aliphatic heterocycles.